The van der Waals surface area contributed by atoms with Gasteiger partial charge in [-0.1, -0.05) is 64.8 Å². The van der Waals surface area contributed by atoms with Gasteiger partial charge in [0.05, 0.1) is 0 Å². The summed E-state index contributed by atoms with van der Waals surface area (Å²) in [6.45, 7) is 3.87. The molecule has 2 rings (SSSR count). The van der Waals surface area contributed by atoms with Crippen molar-refractivity contribution in [1.29, 1.82) is 0 Å². The van der Waals surface area contributed by atoms with Crippen molar-refractivity contribution in [2.75, 3.05) is 0 Å². The quantitative estimate of drug-likeness (QED) is 0.813. The minimum absolute atomic E-state index is 0.755. The zero-order valence-electron chi connectivity index (χ0n) is 10.9. The summed E-state index contributed by atoms with van der Waals surface area (Å²) in [6, 6.07) is 14.6. The predicted octanol–water partition coefficient (Wildman–Crippen LogP) is 4.95. The molecule has 0 atom stereocenters. The largest absolute Gasteiger partial charge is 0.309 e. The second-order valence-electron chi connectivity index (χ2n) is 4.51. The molecule has 1 N–H and O–H groups in total. The molecule has 0 saturated carbocycles. The van der Waals surface area contributed by atoms with Crippen LogP contribution >= 0.6 is 27.5 Å². The van der Waals surface area contributed by atoms with Crippen LogP contribution in [0.25, 0.3) is 0 Å². The fourth-order valence-electron chi connectivity index (χ4n) is 1.90. The van der Waals surface area contributed by atoms with E-state index in [-0.39, 0.29) is 0 Å². The van der Waals surface area contributed by atoms with Gasteiger partial charge in [-0.05, 0) is 35.2 Å². The Morgan fingerprint density at radius 1 is 1.00 bits per heavy atom. The van der Waals surface area contributed by atoms with Gasteiger partial charge >= 0.3 is 0 Å². The van der Waals surface area contributed by atoms with Crippen molar-refractivity contribution in [3.63, 3.8) is 0 Å². The van der Waals surface area contributed by atoms with Gasteiger partial charge in [0.1, 0.15) is 0 Å². The van der Waals surface area contributed by atoms with E-state index in [1.165, 1.54) is 16.7 Å². The van der Waals surface area contributed by atoms with Gasteiger partial charge in [-0.2, -0.15) is 0 Å². The molecule has 0 fully saturated rings. The molecule has 3 heteroatoms. The first-order chi connectivity index (χ1) is 9.19. The molecule has 100 valence electrons. The van der Waals surface area contributed by atoms with E-state index in [0.29, 0.717) is 0 Å². The van der Waals surface area contributed by atoms with Gasteiger partial charge in [-0.3, -0.25) is 0 Å². The molecular formula is C16H17BrClN. The lowest BCUT2D eigenvalue weighted by Gasteiger charge is -2.08. The van der Waals surface area contributed by atoms with Crippen LogP contribution in [0.15, 0.2) is 46.9 Å². The third-order valence-electron chi connectivity index (χ3n) is 3.09. The predicted molar refractivity (Wildman–Crippen MR) is 85.5 cm³/mol. The molecule has 0 bridgehead atoms. The standard InChI is InChI=1S/C16H17BrClN/c1-2-12-3-5-13(6-4-12)10-19-11-14-7-8-15(18)9-16(14)17/h3-9,19H,2,10-11H2,1H3. The molecule has 2 aromatic carbocycles. The van der Waals surface area contributed by atoms with Crippen molar-refractivity contribution < 1.29 is 0 Å². The highest BCUT2D eigenvalue weighted by atomic mass is 79.9. The molecule has 0 heterocycles. The number of hydrogen-bond acceptors (Lipinski definition) is 1. The van der Waals surface area contributed by atoms with Crippen molar-refractivity contribution in [2.24, 2.45) is 0 Å². The van der Waals surface area contributed by atoms with Crippen LogP contribution in [0.1, 0.15) is 23.6 Å². The van der Waals surface area contributed by atoms with E-state index in [1.54, 1.807) is 0 Å². The molecule has 0 unspecified atom stereocenters. The van der Waals surface area contributed by atoms with E-state index < -0.39 is 0 Å². The van der Waals surface area contributed by atoms with Gasteiger partial charge in [0, 0.05) is 22.6 Å². The number of nitrogens with one attached hydrogen (secondary N) is 1. The minimum atomic E-state index is 0.755. The number of benzene rings is 2. The van der Waals surface area contributed by atoms with Crippen molar-refractivity contribution in [3.8, 4) is 0 Å². The maximum Gasteiger partial charge on any atom is 0.0417 e. The molecule has 0 aliphatic rings. The van der Waals surface area contributed by atoms with Crippen LogP contribution < -0.4 is 5.32 Å². The molecule has 0 aromatic heterocycles. The fraction of sp³-hybridized carbons (Fsp3) is 0.250. The lowest BCUT2D eigenvalue weighted by molar-refractivity contribution is 0.691. The zero-order chi connectivity index (χ0) is 13.7. The van der Waals surface area contributed by atoms with E-state index in [1.807, 2.05) is 18.2 Å². The Morgan fingerprint density at radius 3 is 2.32 bits per heavy atom. The van der Waals surface area contributed by atoms with Crippen LogP contribution in [0.5, 0.6) is 0 Å². The van der Waals surface area contributed by atoms with E-state index in [9.17, 15) is 0 Å². The SMILES string of the molecule is CCc1ccc(CNCc2ccc(Cl)cc2Br)cc1. The van der Waals surface area contributed by atoms with Gasteiger partial charge in [-0.25, -0.2) is 0 Å². The maximum atomic E-state index is 5.93. The first-order valence-corrected chi connectivity index (χ1v) is 7.58. The Bertz CT molecular complexity index is 537. The topological polar surface area (TPSA) is 12.0 Å². The Kier molecular flexibility index (Phi) is 5.44. The van der Waals surface area contributed by atoms with Crippen LogP contribution in [0.3, 0.4) is 0 Å². The summed E-state index contributed by atoms with van der Waals surface area (Å²) >= 11 is 9.45. The molecule has 1 nitrogen and oxygen atoms in total. The molecule has 0 aliphatic heterocycles. The van der Waals surface area contributed by atoms with Gasteiger partial charge in [-0.15, -0.1) is 0 Å². The average Bonchev–Trinajstić information content (AvgIpc) is 2.42. The second kappa shape index (κ2) is 7.09. The average molecular weight is 339 g/mol. The summed E-state index contributed by atoms with van der Waals surface area (Å²) < 4.78 is 1.05. The molecule has 0 spiro atoms. The van der Waals surface area contributed by atoms with Crippen LogP contribution in [-0.2, 0) is 19.5 Å². The monoisotopic (exact) mass is 337 g/mol. The normalized spacial score (nSPS) is 10.7. The second-order valence-corrected chi connectivity index (χ2v) is 5.80. The molecule has 0 aliphatic carbocycles. The Hall–Kier alpha value is -0.830. The third kappa shape index (κ3) is 4.34. The number of halogens is 2. The van der Waals surface area contributed by atoms with E-state index in [4.69, 9.17) is 11.6 Å². The highest BCUT2D eigenvalue weighted by Gasteiger charge is 2.00. The molecule has 0 radical (unpaired) electrons. The minimum Gasteiger partial charge on any atom is -0.309 e. The maximum absolute atomic E-state index is 5.93. The summed E-state index contributed by atoms with van der Waals surface area (Å²) in [5.74, 6) is 0. The summed E-state index contributed by atoms with van der Waals surface area (Å²) in [6.07, 6.45) is 1.09. The highest BCUT2D eigenvalue weighted by Crippen LogP contribution is 2.21. The van der Waals surface area contributed by atoms with Crippen LogP contribution in [0.2, 0.25) is 5.02 Å². The van der Waals surface area contributed by atoms with Gasteiger partial charge < -0.3 is 5.32 Å². The lowest BCUT2D eigenvalue weighted by atomic mass is 10.1. The van der Waals surface area contributed by atoms with Crippen molar-refractivity contribution in [3.05, 3.63) is 68.7 Å². The summed E-state index contributed by atoms with van der Waals surface area (Å²) in [5.41, 5.74) is 3.90. The van der Waals surface area contributed by atoms with E-state index in [0.717, 1.165) is 29.0 Å². The number of hydrogen-bond donors (Lipinski definition) is 1. The van der Waals surface area contributed by atoms with Gasteiger partial charge in [0.25, 0.3) is 0 Å². The Balaban J connectivity index is 1.88. The Morgan fingerprint density at radius 2 is 1.68 bits per heavy atom. The van der Waals surface area contributed by atoms with Crippen molar-refractivity contribution in [2.45, 2.75) is 26.4 Å². The van der Waals surface area contributed by atoms with Crippen molar-refractivity contribution in [1.82, 2.24) is 5.32 Å². The molecule has 0 saturated heterocycles. The molecular weight excluding hydrogens is 322 g/mol. The van der Waals surface area contributed by atoms with E-state index in [2.05, 4.69) is 52.4 Å². The molecule has 0 amide bonds. The first kappa shape index (κ1) is 14.6. The summed E-state index contributed by atoms with van der Waals surface area (Å²) in [5, 5.41) is 4.20. The van der Waals surface area contributed by atoms with Crippen LogP contribution in [-0.4, -0.2) is 0 Å². The molecule has 19 heavy (non-hydrogen) atoms. The Labute approximate surface area is 128 Å². The fourth-order valence-corrected chi connectivity index (χ4v) is 2.72. The number of aryl methyl sites for hydroxylation is 1. The van der Waals surface area contributed by atoms with E-state index >= 15 is 0 Å². The molecule has 2 aromatic rings. The highest BCUT2D eigenvalue weighted by molar-refractivity contribution is 9.10. The summed E-state index contributed by atoms with van der Waals surface area (Å²) in [7, 11) is 0. The lowest BCUT2D eigenvalue weighted by Crippen LogP contribution is -2.13. The number of rotatable bonds is 5. The van der Waals surface area contributed by atoms with Gasteiger partial charge in [0.2, 0.25) is 0 Å². The zero-order valence-corrected chi connectivity index (χ0v) is 13.3. The van der Waals surface area contributed by atoms with Crippen molar-refractivity contribution >= 4 is 27.5 Å². The smallest absolute Gasteiger partial charge is 0.0417 e. The van der Waals surface area contributed by atoms with Crippen LogP contribution in [0, 0.1) is 0 Å². The summed E-state index contributed by atoms with van der Waals surface area (Å²) in [4.78, 5) is 0. The van der Waals surface area contributed by atoms with Gasteiger partial charge in [0.15, 0.2) is 0 Å². The van der Waals surface area contributed by atoms with Crippen LogP contribution in [0.4, 0.5) is 0 Å². The first-order valence-electron chi connectivity index (χ1n) is 6.41. The third-order valence-corrected chi connectivity index (χ3v) is 4.06.